The lowest BCUT2D eigenvalue weighted by Gasteiger charge is -2.29. The van der Waals surface area contributed by atoms with Crippen LogP contribution >= 0.6 is 0 Å². The molecule has 0 bridgehead atoms. The maximum absolute atomic E-state index is 12.7. The third-order valence-electron chi connectivity index (χ3n) is 4.10. The average Bonchev–Trinajstić information content (AvgIpc) is 3.01. The first-order valence-corrected chi connectivity index (χ1v) is 7.82. The number of imidazole rings is 1. The number of carbonyl (C=O) groups excluding carboxylic acids is 2. The summed E-state index contributed by atoms with van der Waals surface area (Å²) >= 11 is 0. The summed E-state index contributed by atoms with van der Waals surface area (Å²) in [7, 11) is 0. The minimum atomic E-state index is -0.201. The number of nitrogens with one attached hydrogen (secondary N) is 2. The molecule has 1 aliphatic heterocycles. The summed E-state index contributed by atoms with van der Waals surface area (Å²) in [6.07, 6.45) is 4.67. The van der Waals surface area contributed by atoms with Crippen molar-refractivity contribution in [3.05, 3.63) is 54.1 Å². The molecular weight excluding hydrogens is 292 g/mol. The Morgan fingerprint density at radius 2 is 2.13 bits per heavy atom. The molecule has 1 aliphatic rings. The Morgan fingerprint density at radius 3 is 2.87 bits per heavy atom. The lowest BCUT2D eigenvalue weighted by Crippen LogP contribution is -2.36. The summed E-state index contributed by atoms with van der Waals surface area (Å²) in [5, 5.41) is 2.85. The van der Waals surface area contributed by atoms with Crippen molar-refractivity contribution < 1.29 is 9.59 Å². The maximum atomic E-state index is 12.7. The zero-order chi connectivity index (χ0) is 16.1. The number of amides is 2. The Bertz CT molecular complexity index is 654. The van der Waals surface area contributed by atoms with Crippen LogP contribution in [-0.4, -0.2) is 39.8 Å². The molecular formula is C17H20N4O2. The molecule has 1 aromatic carbocycles. The predicted octanol–water partition coefficient (Wildman–Crippen LogP) is 1.43. The quantitative estimate of drug-likeness (QED) is 0.896. The normalized spacial score (nSPS) is 18.3. The van der Waals surface area contributed by atoms with Gasteiger partial charge >= 0.3 is 0 Å². The largest absolute Gasteiger partial charge is 0.354 e. The number of carbonyl (C=O) groups is 2. The maximum Gasteiger partial charge on any atom is 0.223 e. The van der Waals surface area contributed by atoms with Crippen molar-refractivity contribution in [2.24, 2.45) is 0 Å². The van der Waals surface area contributed by atoms with E-state index >= 15 is 0 Å². The molecule has 1 saturated heterocycles. The highest BCUT2D eigenvalue weighted by atomic mass is 16.2. The van der Waals surface area contributed by atoms with Crippen LogP contribution in [-0.2, 0) is 16.0 Å². The van der Waals surface area contributed by atoms with E-state index in [0.29, 0.717) is 32.4 Å². The van der Waals surface area contributed by atoms with Crippen LogP contribution in [0.5, 0.6) is 0 Å². The molecule has 6 nitrogen and oxygen atoms in total. The van der Waals surface area contributed by atoms with E-state index in [1.807, 2.05) is 35.2 Å². The Balaban J connectivity index is 1.75. The van der Waals surface area contributed by atoms with Crippen molar-refractivity contribution >= 4 is 11.8 Å². The molecule has 0 radical (unpaired) electrons. The molecule has 0 saturated carbocycles. The van der Waals surface area contributed by atoms with Gasteiger partial charge in [-0.1, -0.05) is 30.3 Å². The van der Waals surface area contributed by atoms with Crippen molar-refractivity contribution in [3.8, 4) is 0 Å². The Hall–Kier alpha value is -2.63. The molecule has 1 fully saturated rings. The zero-order valence-electron chi connectivity index (χ0n) is 12.9. The second-order valence-electron chi connectivity index (χ2n) is 5.64. The number of aromatic nitrogens is 2. The molecule has 1 unspecified atom stereocenters. The second-order valence-corrected chi connectivity index (χ2v) is 5.64. The highest BCUT2D eigenvalue weighted by Crippen LogP contribution is 2.26. The topological polar surface area (TPSA) is 78.1 Å². The van der Waals surface area contributed by atoms with Crippen molar-refractivity contribution in [3.63, 3.8) is 0 Å². The van der Waals surface area contributed by atoms with Gasteiger partial charge in [0.1, 0.15) is 0 Å². The molecule has 2 aromatic rings. The fraction of sp³-hybridized carbons (Fsp3) is 0.353. The molecule has 6 heteroatoms. The Morgan fingerprint density at radius 1 is 1.30 bits per heavy atom. The van der Waals surface area contributed by atoms with Crippen LogP contribution in [0.2, 0.25) is 0 Å². The molecule has 120 valence electrons. The van der Waals surface area contributed by atoms with E-state index < -0.39 is 0 Å². The van der Waals surface area contributed by atoms with E-state index in [9.17, 15) is 9.59 Å². The predicted molar refractivity (Wildman–Crippen MR) is 85.4 cm³/mol. The van der Waals surface area contributed by atoms with Crippen LogP contribution in [0.4, 0.5) is 0 Å². The molecule has 3 rings (SSSR count). The summed E-state index contributed by atoms with van der Waals surface area (Å²) in [6, 6.07) is 9.55. The van der Waals surface area contributed by atoms with Gasteiger partial charge in [0.2, 0.25) is 11.8 Å². The summed E-state index contributed by atoms with van der Waals surface area (Å²) in [4.78, 5) is 33.4. The first-order valence-electron chi connectivity index (χ1n) is 7.82. The third kappa shape index (κ3) is 3.77. The average molecular weight is 312 g/mol. The van der Waals surface area contributed by atoms with Crippen molar-refractivity contribution in [1.29, 1.82) is 0 Å². The number of benzene rings is 1. The van der Waals surface area contributed by atoms with Gasteiger partial charge in [0, 0.05) is 31.4 Å². The van der Waals surface area contributed by atoms with E-state index in [4.69, 9.17) is 0 Å². The minimum absolute atomic E-state index is 0.0114. The van der Waals surface area contributed by atoms with Gasteiger partial charge in [-0.15, -0.1) is 0 Å². The molecule has 2 heterocycles. The number of hydrogen-bond acceptors (Lipinski definition) is 3. The molecule has 2 amide bonds. The molecule has 2 N–H and O–H groups in total. The van der Waals surface area contributed by atoms with Gasteiger partial charge in [0.25, 0.3) is 0 Å². The number of H-pyrrole nitrogens is 1. The van der Waals surface area contributed by atoms with Crippen molar-refractivity contribution in [1.82, 2.24) is 20.2 Å². The summed E-state index contributed by atoms with van der Waals surface area (Å²) in [5.74, 6) is 0.0488. The first-order chi connectivity index (χ1) is 11.2. The highest BCUT2D eigenvalue weighted by Gasteiger charge is 2.29. The summed E-state index contributed by atoms with van der Waals surface area (Å²) in [5.41, 5.74) is 1.94. The van der Waals surface area contributed by atoms with Crippen LogP contribution in [0.1, 0.15) is 30.1 Å². The van der Waals surface area contributed by atoms with E-state index in [2.05, 4.69) is 15.3 Å². The standard InChI is InChI=1S/C17H20N4O2/c22-16-10-15(13-4-2-1-3-5-13)21(9-8-19-16)17(23)7-6-14-11-18-12-20-14/h1-5,11-12,15H,6-10H2,(H,18,20)(H,19,22). The summed E-state index contributed by atoms with van der Waals surface area (Å²) < 4.78 is 0. The van der Waals surface area contributed by atoms with Gasteiger partial charge in [-0.05, 0) is 12.0 Å². The number of rotatable bonds is 4. The third-order valence-corrected chi connectivity index (χ3v) is 4.10. The highest BCUT2D eigenvalue weighted by molar-refractivity contribution is 5.81. The van der Waals surface area contributed by atoms with E-state index in [0.717, 1.165) is 11.3 Å². The lowest BCUT2D eigenvalue weighted by atomic mass is 10.0. The first kappa shape index (κ1) is 15.3. The lowest BCUT2D eigenvalue weighted by molar-refractivity contribution is -0.133. The number of aryl methyl sites for hydroxylation is 1. The van der Waals surface area contributed by atoms with E-state index in [1.54, 1.807) is 12.5 Å². The minimum Gasteiger partial charge on any atom is -0.354 e. The van der Waals surface area contributed by atoms with Crippen LogP contribution in [0, 0.1) is 0 Å². The molecule has 0 aliphatic carbocycles. The Labute approximate surface area is 134 Å². The molecule has 0 spiro atoms. The van der Waals surface area contributed by atoms with Crippen molar-refractivity contribution in [2.75, 3.05) is 13.1 Å². The van der Waals surface area contributed by atoms with Gasteiger partial charge in [-0.3, -0.25) is 9.59 Å². The van der Waals surface area contributed by atoms with Crippen molar-refractivity contribution in [2.45, 2.75) is 25.3 Å². The van der Waals surface area contributed by atoms with Gasteiger partial charge in [0.05, 0.1) is 18.8 Å². The van der Waals surface area contributed by atoms with Crippen LogP contribution in [0.25, 0.3) is 0 Å². The van der Waals surface area contributed by atoms with Gasteiger partial charge in [0.15, 0.2) is 0 Å². The van der Waals surface area contributed by atoms with Crippen LogP contribution in [0.3, 0.4) is 0 Å². The van der Waals surface area contributed by atoms with Gasteiger partial charge < -0.3 is 15.2 Å². The number of aromatic amines is 1. The summed E-state index contributed by atoms with van der Waals surface area (Å²) in [6.45, 7) is 1.03. The SMILES string of the molecule is O=C1CC(c2ccccc2)N(C(=O)CCc2cnc[nH]2)CCN1. The number of nitrogens with zero attached hydrogens (tertiary/aromatic N) is 2. The smallest absolute Gasteiger partial charge is 0.223 e. The van der Waals surface area contributed by atoms with E-state index in [1.165, 1.54) is 0 Å². The zero-order valence-corrected chi connectivity index (χ0v) is 12.9. The fourth-order valence-corrected chi connectivity index (χ4v) is 2.91. The molecule has 1 atom stereocenters. The fourth-order valence-electron chi connectivity index (χ4n) is 2.91. The second kappa shape index (κ2) is 7.09. The van der Waals surface area contributed by atoms with Crippen LogP contribution < -0.4 is 5.32 Å². The number of hydrogen-bond donors (Lipinski definition) is 2. The Kier molecular flexibility index (Phi) is 4.71. The van der Waals surface area contributed by atoms with Gasteiger partial charge in [-0.25, -0.2) is 4.98 Å². The van der Waals surface area contributed by atoms with Crippen LogP contribution in [0.15, 0.2) is 42.9 Å². The molecule has 23 heavy (non-hydrogen) atoms. The van der Waals surface area contributed by atoms with Gasteiger partial charge in [-0.2, -0.15) is 0 Å². The van der Waals surface area contributed by atoms with E-state index in [-0.39, 0.29) is 17.9 Å². The molecule has 1 aromatic heterocycles. The monoisotopic (exact) mass is 312 g/mol.